The van der Waals surface area contributed by atoms with Gasteiger partial charge >= 0.3 is 0 Å². The van der Waals surface area contributed by atoms with E-state index in [0.29, 0.717) is 13.1 Å². The smallest absolute Gasteiger partial charge is 0.0947 e. The van der Waals surface area contributed by atoms with E-state index in [-0.39, 0.29) is 6.61 Å². The minimum absolute atomic E-state index is 0.210. The van der Waals surface area contributed by atoms with Crippen molar-refractivity contribution in [2.24, 2.45) is 0 Å². The largest absolute Gasteiger partial charge is 0.472 e. The number of rotatable bonds is 5. The highest BCUT2D eigenvalue weighted by molar-refractivity contribution is 5.04. The third kappa shape index (κ3) is 3.04. The van der Waals surface area contributed by atoms with Crippen LogP contribution in [0.3, 0.4) is 0 Å². The summed E-state index contributed by atoms with van der Waals surface area (Å²) >= 11 is 0. The molecule has 0 aromatic carbocycles. The quantitative estimate of drug-likeness (QED) is 0.570. The summed E-state index contributed by atoms with van der Waals surface area (Å²) in [5.41, 5.74) is 1.03. The van der Waals surface area contributed by atoms with E-state index < -0.39 is 6.10 Å². The molecule has 68 valence electrons. The molecule has 1 aromatic heterocycles. The van der Waals surface area contributed by atoms with Gasteiger partial charge in [-0.1, -0.05) is 0 Å². The number of hydrogen-bond donors (Lipinski definition) is 3. The summed E-state index contributed by atoms with van der Waals surface area (Å²) < 4.78 is 4.85. The van der Waals surface area contributed by atoms with Crippen LogP contribution in [0.15, 0.2) is 23.0 Å². The first-order chi connectivity index (χ1) is 5.83. The van der Waals surface area contributed by atoms with Crippen LogP contribution in [0.1, 0.15) is 5.56 Å². The number of hydrogen-bond acceptors (Lipinski definition) is 4. The van der Waals surface area contributed by atoms with Gasteiger partial charge in [0.1, 0.15) is 0 Å². The lowest BCUT2D eigenvalue weighted by Gasteiger charge is -2.06. The molecular weight excluding hydrogens is 158 g/mol. The molecule has 0 radical (unpaired) electrons. The van der Waals surface area contributed by atoms with Gasteiger partial charge in [0.05, 0.1) is 25.2 Å². The third-order valence-electron chi connectivity index (χ3n) is 1.50. The van der Waals surface area contributed by atoms with Gasteiger partial charge in [0.15, 0.2) is 0 Å². The number of aliphatic hydroxyl groups is 2. The highest BCUT2D eigenvalue weighted by atomic mass is 16.3. The Balaban J connectivity index is 2.11. The average molecular weight is 171 g/mol. The topological polar surface area (TPSA) is 65.6 Å². The zero-order valence-corrected chi connectivity index (χ0v) is 6.73. The van der Waals surface area contributed by atoms with Crippen molar-refractivity contribution in [1.29, 1.82) is 0 Å². The lowest BCUT2D eigenvalue weighted by Crippen LogP contribution is -2.28. The molecule has 0 bridgehead atoms. The van der Waals surface area contributed by atoms with Crippen molar-refractivity contribution in [2.75, 3.05) is 13.2 Å². The highest BCUT2D eigenvalue weighted by Gasteiger charge is 2.00. The molecule has 0 saturated carbocycles. The van der Waals surface area contributed by atoms with E-state index in [0.717, 1.165) is 5.56 Å². The van der Waals surface area contributed by atoms with Crippen molar-refractivity contribution >= 4 is 0 Å². The Morgan fingerprint density at radius 3 is 3.00 bits per heavy atom. The Morgan fingerprint density at radius 2 is 2.42 bits per heavy atom. The lowest BCUT2D eigenvalue weighted by atomic mass is 10.3. The minimum atomic E-state index is -0.683. The molecule has 4 heteroatoms. The molecule has 3 N–H and O–H groups in total. The summed E-state index contributed by atoms with van der Waals surface area (Å²) in [5, 5.41) is 20.4. The maximum Gasteiger partial charge on any atom is 0.0947 e. The van der Waals surface area contributed by atoms with Crippen LogP contribution >= 0.6 is 0 Å². The van der Waals surface area contributed by atoms with Crippen LogP contribution in [0.25, 0.3) is 0 Å². The van der Waals surface area contributed by atoms with Gasteiger partial charge in [-0.15, -0.1) is 0 Å². The minimum Gasteiger partial charge on any atom is -0.472 e. The second-order valence-corrected chi connectivity index (χ2v) is 2.60. The van der Waals surface area contributed by atoms with Crippen LogP contribution in [-0.2, 0) is 6.54 Å². The van der Waals surface area contributed by atoms with Gasteiger partial charge in [-0.3, -0.25) is 0 Å². The predicted molar refractivity (Wildman–Crippen MR) is 43.5 cm³/mol. The molecule has 0 amide bonds. The van der Waals surface area contributed by atoms with E-state index in [4.69, 9.17) is 14.6 Å². The Labute approximate surface area is 70.8 Å². The van der Waals surface area contributed by atoms with Gasteiger partial charge in [0.25, 0.3) is 0 Å². The summed E-state index contributed by atoms with van der Waals surface area (Å²) in [5.74, 6) is 0. The maximum atomic E-state index is 8.95. The van der Waals surface area contributed by atoms with E-state index in [2.05, 4.69) is 5.32 Å². The van der Waals surface area contributed by atoms with Crippen LogP contribution in [0, 0.1) is 0 Å². The summed E-state index contributed by atoms with van der Waals surface area (Å²) in [6.07, 6.45) is 2.55. The fourth-order valence-corrected chi connectivity index (χ4v) is 0.841. The van der Waals surface area contributed by atoms with Crippen molar-refractivity contribution in [2.45, 2.75) is 12.6 Å². The molecule has 1 rings (SSSR count). The Hall–Kier alpha value is -0.840. The second-order valence-electron chi connectivity index (χ2n) is 2.60. The summed E-state index contributed by atoms with van der Waals surface area (Å²) in [7, 11) is 0. The molecule has 0 saturated heterocycles. The van der Waals surface area contributed by atoms with Gasteiger partial charge in [-0.05, 0) is 6.07 Å². The van der Waals surface area contributed by atoms with Crippen molar-refractivity contribution in [3.8, 4) is 0 Å². The first-order valence-corrected chi connectivity index (χ1v) is 3.83. The lowest BCUT2D eigenvalue weighted by molar-refractivity contribution is 0.0942. The maximum absolute atomic E-state index is 8.95. The molecule has 12 heavy (non-hydrogen) atoms. The molecule has 0 aliphatic carbocycles. The summed E-state index contributed by atoms with van der Waals surface area (Å²) in [6.45, 7) is 0.827. The first-order valence-electron chi connectivity index (χ1n) is 3.83. The molecular formula is C8H13NO3. The van der Waals surface area contributed by atoms with E-state index in [1.165, 1.54) is 0 Å². The molecule has 0 aliphatic rings. The van der Waals surface area contributed by atoms with Gasteiger partial charge in [0.2, 0.25) is 0 Å². The zero-order valence-electron chi connectivity index (χ0n) is 6.73. The molecule has 0 aliphatic heterocycles. The van der Waals surface area contributed by atoms with Gasteiger partial charge in [-0.2, -0.15) is 0 Å². The standard InChI is InChI=1S/C8H13NO3/c10-5-8(11)4-9-3-7-1-2-12-6-7/h1-2,6,8-11H,3-5H2. The number of aliphatic hydroxyl groups excluding tert-OH is 2. The van der Waals surface area contributed by atoms with Crippen LogP contribution in [0.4, 0.5) is 0 Å². The van der Waals surface area contributed by atoms with Crippen molar-refractivity contribution < 1.29 is 14.6 Å². The SMILES string of the molecule is OCC(O)CNCc1ccoc1. The van der Waals surface area contributed by atoms with Crippen LogP contribution in [0.5, 0.6) is 0 Å². The molecule has 0 spiro atoms. The summed E-state index contributed by atoms with van der Waals surface area (Å²) in [4.78, 5) is 0. The van der Waals surface area contributed by atoms with Crippen LogP contribution < -0.4 is 5.32 Å². The predicted octanol–water partition coefficient (Wildman–Crippen LogP) is -0.278. The Morgan fingerprint density at radius 1 is 1.58 bits per heavy atom. The molecule has 4 nitrogen and oxygen atoms in total. The Kier molecular flexibility index (Phi) is 3.79. The fourth-order valence-electron chi connectivity index (χ4n) is 0.841. The number of nitrogens with one attached hydrogen (secondary N) is 1. The molecule has 1 aromatic rings. The van der Waals surface area contributed by atoms with E-state index in [1.807, 2.05) is 6.07 Å². The Bertz CT molecular complexity index is 198. The van der Waals surface area contributed by atoms with Gasteiger partial charge < -0.3 is 19.9 Å². The van der Waals surface area contributed by atoms with E-state index >= 15 is 0 Å². The monoisotopic (exact) mass is 171 g/mol. The van der Waals surface area contributed by atoms with Crippen molar-refractivity contribution in [1.82, 2.24) is 5.32 Å². The normalized spacial score (nSPS) is 13.2. The second kappa shape index (κ2) is 4.92. The van der Waals surface area contributed by atoms with Crippen molar-refractivity contribution in [3.63, 3.8) is 0 Å². The first kappa shape index (κ1) is 9.25. The highest BCUT2D eigenvalue weighted by Crippen LogP contribution is 1.98. The van der Waals surface area contributed by atoms with Crippen LogP contribution in [0.2, 0.25) is 0 Å². The fraction of sp³-hybridized carbons (Fsp3) is 0.500. The van der Waals surface area contributed by atoms with E-state index in [1.54, 1.807) is 12.5 Å². The van der Waals surface area contributed by atoms with Gasteiger partial charge in [-0.25, -0.2) is 0 Å². The molecule has 0 fully saturated rings. The van der Waals surface area contributed by atoms with E-state index in [9.17, 15) is 0 Å². The molecule has 1 atom stereocenters. The average Bonchev–Trinajstić information content (AvgIpc) is 2.57. The van der Waals surface area contributed by atoms with Crippen LogP contribution in [-0.4, -0.2) is 29.5 Å². The molecule has 1 heterocycles. The third-order valence-corrected chi connectivity index (χ3v) is 1.50. The summed E-state index contributed by atoms with van der Waals surface area (Å²) in [6, 6.07) is 1.85. The number of furan rings is 1. The van der Waals surface area contributed by atoms with Crippen molar-refractivity contribution in [3.05, 3.63) is 24.2 Å². The zero-order chi connectivity index (χ0) is 8.81. The van der Waals surface area contributed by atoms with Gasteiger partial charge in [0, 0.05) is 18.7 Å². The molecule has 1 unspecified atom stereocenters.